The van der Waals surface area contributed by atoms with Crippen molar-refractivity contribution in [2.75, 3.05) is 37.3 Å². The first-order valence-electron chi connectivity index (χ1n) is 5.78. The minimum absolute atomic E-state index is 0.139. The second kappa shape index (κ2) is 4.13. The number of benzene rings is 1. The number of aromatic nitrogens is 1. The summed E-state index contributed by atoms with van der Waals surface area (Å²) in [5, 5.41) is 0.900. The third kappa shape index (κ3) is 1.88. The fraction of sp³-hybridized carbons (Fsp3) is 0.333. The number of likely N-dealkylation sites (N-methyl/N-ethyl adjacent to an activating group) is 1. The molecule has 1 saturated heterocycles. The number of hydrogen-bond donors (Lipinski definition) is 1. The number of hydrogen-bond acceptors (Lipinski definition) is 5. The molecular formula is C12H14N4OS. The Kier molecular flexibility index (Phi) is 2.59. The lowest BCUT2D eigenvalue weighted by atomic mass is 10.3. The van der Waals surface area contributed by atoms with Gasteiger partial charge >= 0.3 is 0 Å². The van der Waals surface area contributed by atoms with Crippen molar-refractivity contribution in [1.82, 2.24) is 9.88 Å². The summed E-state index contributed by atoms with van der Waals surface area (Å²) in [4.78, 5) is 20.0. The lowest BCUT2D eigenvalue weighted by molar-refractivity contribution is -0.129. The maximum absolute atomic E-state index is 11.7. The van der Waals surface area contributed by atoms with Crippen molar-refractivity contribution in [2.24, 2.45) is 0 Å². The third-order valence-electron chi connectivity index (χ3n) is 3.13. The molecule has 1 fully saturated rings. The summed E-state index contributed by atoms with van der Waals surface area (Å²) in [7, 11) is 1.83. The van der Waals surface area contributed by atoms with E-state index in [0.717, 1.165) is 34.1 Å². The molecule has 0 radical (unpaired) electrons. The summed E-state index contributed by atoms with van der Waals surface area (Å²) >= 11 is 1.59. The predicted octanol–water partition coefficient (Wildman–Crippen LogP) is 1.16. The van der Waals surface area contributed by atoms with Gasteiger partial charge in [-0.2, -0.15) is 0 Å². The number of fused-ring (bicyclic) bond motifs is 1. The Morgan fingerprint density at radius 1 is 1.39 bits per heavy atom. The fourth-order valence-corrected chi connectivity index (χ4v) is 3.02. The molecule has 1 amide bonds. The SMILES string of the molecule is CN1CCN(c2nc3ccc(N)cc3s2)CC1=O. The Morgan fingerprint density at radius 2 is 2.22 bits per heavy atom. The highest BCUT2D eigenvalue weighted by molar-refractivity contribution is 7.22. The van der Waals surface area contributed by atoms with Gasteiger partial charge in [-0.3, -0.25) is 4.79 Å². The quantitative estimate of drug-likeness (QED) is 0.783. The molecule has 0 atom stereocenters. The van der Waals surface area contributed by atoms with Crippen LogP contribution in [0.3, 0.4) is 0 Å². The Morgan fingerprint density at radius 3 is 3.00 bits per heavy atom. The van der Waals surface area contributed by atoms with Gasteiger partial charge in [-0.15, -0.1) is 0 Å². The molecule has 6 heteroatoms. The number of nitrogens with two attached hydrogens (primary N) is 1. The standard InChI is InChI=1S/C12H14N4OS/c1-15-4-5-16(7-11(15)17)12-14-9-3-2-8(13)6-10(9)18-12/h2-3,6H,4-5,7,13H2,1H3. The molecule has 1 aromatic carbocycles. The zero-order valence-corrected chi connectivity index (χ0v) is 10.9. The van der Waals surface area contributed by atoms with Crippen LogP contribution in [0.1, 0.15) is 0 Å². The monoisotopic (exact) mass is 262 g/mol. The van der Waals surface area contributed by atoms with Gasteiger partial charge in [0.2, 0.25) is 5.91 Å². The normalized spacial score (nSPS) is 16.6. The van der Waals surface area contributed by atoms with Crippen molar-refractivity contribution < 1.29 is 4.79 Å². The number of piperazine rings is 1. The van der Waals surface area contributed by atoms with Crippen molar-refractivity contribution >= 4 is 38.3 Å². The topological polar surface area (TPSA) is 62.5 Å². The van der Waals surface area contributed by atoms with Crippen molar-refractivity contribution in [3.8, 4) is 0 Å². The van der Waals surface area contributed by atoms with E-state index < -0.39 is 0 Å². The van der Waals surface area contributed by atoms with Gasteiger partial charge < -0.3 is 15.5 Å². The second-order valence-electron chi connectivity index (χ2n) is 4.46. The zero-order valence-electron chi connectivity index (χ0n) is 10.1. The maximum atomic E-state index is 11.7. The number of amides is 1. The number of rotatable bonds is 1. The molecule has 0 aliphatic carbocycles. The van der Waals surface area contributed by atoms with E-state index in [2.05, 4.69) is 4.98 Å². The van der Waals surface area contributed by atoms with Crippen molar-refractivity contribution in [3.63, 3.8) is 0 Å². The van der Waals surface area contributed by atoms with Gasteiger partial charge in [-0.1, -0.05) is 11.3 Å². The number of nitrogen functional groups attached to an aromatic ring is 1. The lowest BCUT2D eigenvalue weighted by Crippen LogP contribution is -2.48. The van der Waals surface area contributed by atoms with Crippen LogP contribution >= 0.6 is 11.3 Å². The number of carbonyl (C=O) groups is 1. The van der Waals surface area contributed by atoms with Gasteiger partial charge in [-0.05, 0) is 18.2 Å². The van der Waals surface area contributed by atoms with Crippen molar-refractivity contribution in [2.45, 2.75) is 0 Å². The maximum Gasteiger partial charge on any atom is 0.241 e. The molecule has 94 valence electrons. The Hall–Kier alpha value is -1.82. The van der Waals surface area contributed by atoms with Gasteiger partial charge in [0.15, 0.2) is 5.13 Å². The van der Waals surface area contributed by atoms with Crippen LogP contribution in [-0.2, 0) is 4.79 Å². The lowest BCUT2D eigenvalue weighted by Gasteiger charge is -2.31. The minimum atomic E-state index is 0.139. The van der Waals surface area contributed by atoms with Crippen molar-refractivity contribution in [1.29, 1.82) is 0 Å². The zero-order chi connectivity index (χ0) is 12.7. The summed E-state index contributed by atoms with van der Waals surface area (Å²) in [6.45, 7) is 1.99. The van der Waals surface area contributed by atoms with E-state index in [4.69, 9.17) is 5.73 Å². The minimum Gasteiger partial charge on any atom is -0.399 e. The number of carbonyl (C=O) groups excluding carboxylic acids is 1. The van der Waals surface area contributed by atoms with Crippen LogP contribution in [0.15, 0.2) is 18.2 Å². The molecule has 2 N–H and O–H groups in total. The first-order chi connectivity index (χ1) is 8.63. The average Bonchev–Trinajstić information content (AvgIpc) is 2.75. The van der Waals surface area contributed by atoms with Crippen LogP contribution in [0.25, 0.3) is 10.2 Å². The highest BCUT2D eigenvalue weighted by Crippen LogP contribution is 2.30. The van der Waals surface area contributed by atoms with Gasteiger partial charge in [0.1, 0.15) is 0 Å². The summed E-state index contributed by atoms with van der Waals surface area (Å²) in [6.07, 6.45) is 0. The van der Waals surface area contributed by atoms with E-state index in [-0.39, 0.29) is 5.91 Å². The second-order valence-corrected chi connectivity index (χ2v) is 5.47. The smallest absolute Gasteiger partial charge is 0.241 e. The molecule has 2 heterocycles. The summed E-state index contributed by atoms with van der Waals surface area (Å²) in [6, 6.07) is 5.69. The van der Waals surface area contributed by atoms with Gasteiger partial charge in [0.05, 0.1) is 16.8 Å². The third-order valence-corrected chi connectivity index (χ3v) is 4.21. The van der Waals surface area contributed by atoms with Gasteiger partial charge in [0.25, 0.3) is 0 Å². The van der Waals surface area contributed by atoms with Crippen LogP contribution in [0.4, 0.5) is 10.8 Å². The Bertz CT molecular complexity index is 609. The van der Waals surface area contributed by atoms with E-state index in [1.165, 1.54) is 0 Å². The van der Waals surface area contributed by atoms with Crippen LogP contribution < -0.4 is 10.6 Å². The summed E-state index contributed by atoms with van der Waals surface area (Å²) in [5.74, 6) is 0.139. The molecule has 0 saturated carbocycles. The highest BCUT2D eigenvalue weighted by Gasteiger charge is 2.23. The van der Waals surface area contributed by atoms with E-state index >= 15 is 0 Å². The van der Waals surface area contributed by atoms with Crippen LogP contribution in [0.5, 0.6) is 0 Å². The Labute approximate surface area is 109 Å². The molecule has 1 aliphatic rings. The van der Waals surface area contributed by atoms with Crippen molar-refractivity contribution in [3.05, 3.63) is 18.2 Å². The molecular weight excluding hydrogens is 248 g/mol. The number of thiazole rings is 1. The summed E-state index contributed by atoms with van der Waals surface area (Å²) in [5.41, 5.74) is 7.44. The molecule has 1 aromatic heterocycles. The van der Waals surface area contributed by atoms with Gasteiger partial charge in [0, 0.05) is 25.8 Å². The molecule has 5 nitrogen and oxygen atoms in total. The first kappa shape index (κ1) is 11.3. The van der Waals surface area contributed by atoms with Gasteiger partial charge in [-0.25, -0.2) is 4.98 Å². The average molecular weight is 262 g/mol. The largest absolute Gasteiger partial charge is 0.399 e. The molecule has 1 aliphatic heterocycles. The van der Waals surface area contributed by atoms with Crippen LogP contribution in [0, 0.1) is 0 Å². The van der Waals surface area contributed by atoms with Crippen LogP contribution in [-0.4, -0.2) is 42.5 Å². The predicted molar refractivity (Wildman–Crippen MR) is 73.9 cm³/mol. The molecule has 0 unspecified atom stereocenters. The van der Waals surface area contributed by atoms with E-state index in [1.54, 1.807) is 16.2 Å². The molecule has 0 bridgehead atoms. The molecule has 2 aromatic rings. The van der Waals surface area contributed by atoms with E-state index in [9.17, 15) is 4.79 Å². The molecule has 3 rings (SSSR count). The molecule has 18 heavy (non-hydrogen) atoms. The first-order valence-corrected chi connectivity index (χ1v) is 6.60. The summed E-state index contributed by atoms with van der Waals surface area (Å²) < 4.78 is 1.07. The number of anilines is 2. The molecule has 0 spiro atoms. The Balaban J connectivity index is 1.92. The van der Waals surface area contributed by atoms with E-state index in [0.29, 0.717) is 6.54 Å². The van der Waals surface area contributed by atoms with Crippen LogP contribution in [0.2, 0.25) is 0 Å². The fourth-order valence-electron chi connectivity index (χ4n) is 1.99. The highest BCUT2D eigenvalue weighted by atomic mass is 32.1. The van der Waals surface area contributed by atoms with E-state index in [1.807, 2.05) is 30.1 Å². The number of nitrogens with zero attached hydrogens (tertiary/aromatic N) is 3.